The molecule has 0 saturated carbocycles. The van der Waals surface area contributed by atoms with Crippen LogP contribution in [0.5, 0.6) is 0 Å². The summed E-state index contributed by atoms with van der Waals surface area (Å²) in [6.45, 7) is 7.31. The lowest BCUT2D eigenvalue weighted by atomic mass is 10.2. The molecule has 3 aromatic rings. The van der Waals surface area contributed by atoms with Crippen LogP contribution in [-0.4, -0.2) is 54.2 Å². The van der Waals surface area contributed by atoms with Gasteiger partial charge in [-0.3, -0.25) is 14.7 Å². The number of anilines is 2. The van der Waals surface area contributed by atoms with Gasteiger partial charge in [0, 0.05) is 55.9 Å². The first kappa shape index (κ1) is 24.8. The maximum Gasteiger partial charge on any atom is 0.238 e. The average Bonchev–Trinajstić information content (AvgIpc) is 2.84. The molecule has 0 radical (unpaired) electrons. The van der Waals surface area contributed by atoms with E-state index in [0.717, 1.165) is 42.1 Å². The topological polar surface area (TPSA) is 57.7 Å². The summed E-state index contributed by atoms with van der Waals surface area (Å²) in [5, 5.41) is 3.01. The van der Waals surface area contributed by atoms with Gasteiger partial charge in [0.25, 0.3) is 0 Å². The SMILES string of the molecule is CC1CN(c2ccc(NC(=O)CN(CCc3ccccn3)Cc3ccc(F)cc3)cc2)CC(C)O1. The normalized spacial score (nSPS) is 18.0. The predicted molar refractivity (Wildman–Crippen MR) is 137 cm³/mol. The number of rotatable bonds is 9. The lowest BCUT2D eigenvalue weighted by Crippen LogP contribution is -2.45. The molecule has 35 heavy (non-hydrogen) atoms. The van der Waals surface area contributed by atoms with E-state index in [1.807, 2.05) is 42.5 Å². The van der Waals surface area contributed by atoms with E-state index in [-0.39, 0.29) is 30.5 Å². The van der Waals surface area contributed by atoms with Crippen molar-refractivity contribution < 1.29 is 13.9 Å². The van der Waals surface area contributed by atoms with Crippen LogP contribution in [0.15, 0.2) is 72.9 Å². The van der Waals surface area contributed by atoms with Gasteiger partial charge in [0.15, 0.2) is 0 Å². The Bertz CT molecular complexity index is 1070. The van der Waals surface area contributed by atoms with Crippen molar-refractivity contribution in [1.29, 1.82) is 0 Å². The van der Waals surface area contributed by atoms with Gasteiger partial charge in [0.2, 0.25) is 5.91 Å². The van der Waals surface area contributed by atoms with Gasteiger partial charge in [0.05, 0.1) is 18.8 Å². The average molecular weight is 477 g/mol. The number of nitrogens with one attached hydrogen (secondary N) is 1. The van der Waals surface area contributed by atoms with Gasteiger partial charge in [-0.15, -0.1) is 0 Å². The van der Waals surface area contributed by atoms with Crippen molar-refractivity contribution in [3.05, 3.63) is 90.0 Å². The van der Waals surface area contributed by atoms with Gasteiger partial charge in [0.1, 0.15) is 5.82 Å². The van der Waals surface area contributed by atoms with Crippen molar-refractivity contribution in [2.24, 2.45) is 0 Å². The Balaban J connectivity index is 1.36. The quantitative estimate of drug-likeness (QED) is 0.492. The number of hydrogen-bond acceptors (Lipinski definition) is 5. The smallest absolute Gasteiger partial charge is 0.238 e. The van der Waals surface area contributed by atoms with Crippen LogP contribution in [-0.2, 0) is 22.5 Å². The van der Waals surface area contributed by atoms with Gasteiger partial charge < -0.3 is 15.0 Å². The summed E-state index contributed by atoms with van der Waals surface area (Å²) in [4.78, 5) is 21.6. The number of benzene rings is 2. The second-order valence-electron chi connectivity index (χ2n) is 9.17. The van der Waals surface area contributed by atoms with E-state index in [0.29, 0.717) is 13.1 Å². The van der Waals surface area contributed by atoms with Gasteiger partial charge in [-0.2, -0.15) is 0 Å². The molecule has 1 amide bonds. The molecular weight excluding hydrogens is 443 g/mol. The Kier molecular flexibility index (Phi) is 8.45. The molecule has 0 bridgehead atoms. The zero-order chi connectivity index (χ0) is 24.6. The van der Waals surface area contributed by atoms with E-state index in [1.54, 1.807) is 18.3 Å². The molecular formula is C28H33FN4O2. The van der Waals surface area contributed by atoms with Gasteiger partial charge in [-0.25, -0.2) is 4.39 Å². The summed E-state index contributed by atoms with van der Waals surface area (Å²) in [5.74, 6) is -0.356. The maximum absolute atomic E-state index is 13.3. The minimum atomic E-state index is -0.268. The van der Waals surface area contributed by atoms with Crippen LogP contribution < -0.4 is 10.2 Å². The minimum absolute atomic E-state index is 0.0884. The van der Waals surface area contributed by atoms with E-state index in [2.05, 4.69) is 33.9 Å². The molecule has 0 spiro atoms. The summed E-state index contributed by atoms with van der Waals surface area (Å²) in [6, 6.07) is 20.2. The maximum atomic E-state index is 13.3. The van der Waals surface area contributed by atoms with E-state index >= 15 is 0 Å². The summed E-state index contributed by atoms with van der Waals surface area (Å²) >= 11 is 0. The van der Waals surface area contributed by atoms with Gasteiger partial charge in [-0.1, -0.05) is 18.2 Å². The third-order valence-corrected chi connectivity index (χ3v) is 6.03. The van der Waals surface area contributed by atoms with Crippen molar-refractivity contribution in [3.8, 4) is 0 Å². The Hall–Kier alpha value is -3.29. The third kappa shape index (κ3) is 7.60. The number of hydrogen-bond donors (Lipinski definition) is 1. The Morgan fingerprint density at radius 1 is 1.06 bits per heavy atom. The number of carbonyl (C=O) groups excluding carboxylic acids is 1. The zero-order valence-electron chi connectivity index (χ0n) is 20.4. The van der Waals surface area contributed by atoms with Crippen LogP contribution >= 0.6 is 0 Å². The van der Waals surface area contributed by atoms with Crippen LogP contribution in [0.2, 0.25) is 0 Å². The molecule has 1 aromatic heterocycles. The molecule has 2 aromatic carbocycles. The van der Waals surface area contributed by atoms with Crippen LogP contribution in [0.1, 0.15) is 25.1 Å². The highest BCUT2D eigenvalue weighted by molar-refractivity contribution is 5.92. The van der Waals surface area contributed by atoms with Gasteiger partial charge in [-0.05, 0) is 67.9 Å². The Morgan fingerprint density at radius 2 is 1.77 bits per heavy atom. The number of halogens is 1. The van der Waals surface area contributed by atoms with Crippen LogP contribution in [0, 0.1) is 5.82 Å². The molecule has 1 fully saturated rings. The Morgan fingerprint density at radius 3 is 2.43 bits per heavy atom. The fourth-order valence-corrected chi connectivity index (χ4v) is 4.43. The first-order valence-electron chi connectivity index (χ1n) is 12.1. The fraction of sp³-hybridized carbons (Fsp3) is 0.357. The first-order valence-corrected chi connectivity index (χ1v) is 12.1. The summed E-state index contributed by atoms with van der Waals surface area (Å²) < 4.78 is 19.2. The van der Waals surface area contributed by atoms with Crippen LogP contribution in [0.25, 0.3) is 0 Å². The second-order valence-corrected chi connectivity index (χ2v) is 9.17. The highest BCUT2D eigenvalue weighted by Crippen LogP contribution is 2.22. The Labute approximate surface area is 206 Å². The largest absolute Gasteiger partial charge is 0.372 e. The van der Waals surface area contributed by atoms with Crippen molar-refractivity contribution in [2.75, 3.05) is 36.4 Å². The molecule has 2 unspecified atom stereocenters. The lowest BCUT2D eigenvalue weighted by molar-refractivity contribution is -0.117. The van der Waals surface area contributed by atoms with Crippen molar-refractivity contribution >= 4 is 17.3 Å². The fourth-order valence-electron chi connectivity index (χ4n) is 4.43. The molecule has 7 heteroatoms. The van der Waals surface area contributed by atoms with Crippen LogP contribution in [0.3, 0.4) is 0 Å². The number of carbonyl (C=O) groups is 1. The van der Waals surface area contributed by atoms with E-state index < -0.39 is 0 Å². The molecule has 4 rings (SSSR count). The molecule has 1 saturated heterocycles. The minimum Gasteiger partial charge on any atom is -0.372 e. The lowest BCUT2D eigenvalue weighted by Gasteiger charge is -2.36. The van der Waals surface area contributed by atoms with Gasteiger partial charge >= 0.3 is 0 Å². The molecule has 1 aliphatic heterocycles. The highest BCUT2D eigenvalue weighted by Gasteiger charge is 2.22. The molecule has 1 aliphatic rings. The first-order chi connectivity index (χ1) is 16.9. The van der Waals surface area contributed by atoms with Crippen molar-refractivity contribution in [2.45, 2.75) is 39.0 Å². The molecule has 6 nitrogen and oxygen atoms in total. The number of nitrogens with zero attached hydrogens (tertiary/aromatic N) is 3. The van der Waals surface area contributed by atoms with Crippen molar-refractivity contribution in [1.82, 2.24) is 9.88 Å². The number of pyridine rings is 1. The van der Waals surface area contributed by atoms with E-state index in [4.69, 9.17) is 4.74 Å². The number of amides is 1. The van der Waals surface area contributed by atoms with E-state index in [1.165, 1.54) is 12.1 Å². The monoisotopic (exact) mass is 476 g/mol. The molecule has 2 atom stereocenters. The molecule has 1 N–H and O–H groups in total. The molecule has 0 aliphatic carbocycles. The molecule has 2 heterocycles. The van der Waals surface area contributed by atoms with E-state index in [9.17, 15) is 9.18 Å². The standard InChI is InChI=1S/C28H33FN4O2/c1-21-17-33(18-22(2)35-21)27-12-10-26(11-13-27)31-28(34)20-32(16-14-25-5-3-4-15-30-25)19-23-6-8-24(29)9-7-23/h3-13,15,21-22H,14,16-20H2,1-2H3,(H,31,34). The predicted octanol–water partition coefficient (Wildman–Crippen LogP) is 4.52. The van der Waals surface area contributed by atoms with Crippen LogP contribution in [0.4, 0.5) is 15.8 Å². The summed E-state index contributed by atoms with van der Waals surface area (Å²) in [7, 11) is 0. The summed E-state index contributed by atoms with van der Waals surface area (Å²) in [6.07, 6.45) is 2.88. The van der Waals surface area contributed by atoms with Crippen molar-refractivity contribution in [3.63, 3.8) is 0 Å². The molecule has 184 valence electrons. The second kappa shape index (κ2) is 11.9. The highest BCUT2D eigenvalue weighted by atomic mass is 19.1. The summed E-state index contributed by atoms with van der Waals surface area (Å²) in [5.41, 5.74) is 3.82. The number of aromatic nitrogens is 1. The zero-order valence-corrected chi connectivity index (χ0v) is 20.4. The number of morpholine rings is 1. The number of ether oxygens (including phenoxy) is 1. The third-order valence-electron chi connectivity index (χ3n) is 6.03.